The Hall–Kier alpha value is -1.27. The Morgan fingerprint density at radius 1 is 1.32 bits per heavy atom. The molecule has 0 spiro atoms. The summed E-state index contributed by atoms with van der Waals surface area (Å²) < 4.78 is 0.819. The number of oxime groups is 1. The van der Waals surface area contributed by atoms with Gasteiger partial charge < -0.3 is 20.7 Å². The molecule has 0 unspecified atom stereocenters. The van der Waals surface area contributed by atoms with E-state index >= 15 is 0 Å². The molecule has 5 nitrogen and oxygen atoms in total. The molecule has 0 bridgehead atoms. The lowest BCUT2D eigenvalue weighted by Crippen LogP contribution is -2.26. The molecular formula is C13H21BrN4O. The van der Waals surface area contributed by atoms with Crippen molar-refractivity contribution in [3.05, 3.63) is 28.2 Å². The number of halogens is 1. The Labute approximate surface area is 122 Å². The van der Waals surface area contributed by atoms with E-state index in [1.54, 1.807) is 0 Å². The number of hydrogen-bond acceptors (Lipinski definition) is 4. The molecule has 1 rings (SSSR count). The zero-order valence-corrected chi connectivity index (χ0v) is 13.2. The number of anilines is 1. The molecule has 106 valence electrons. The van der Waals surface area contributed by atoms with Crippen LogP contribution in [-0.2, 0) is 0 Å². The van der Waals surface area contributed by atoms with E-state index in [4.69, 9.17) is 10.9 Å². The van der Waals surface area contributed by atoms with Gasteiger partial charge in [-0.15, -0.1) is 0 Å². The highest BCUT2D eigenvalue weighted by Gasteiger charge is 2.14. The second kappa shape index (κ2) is 7.35. The molecule has 0 heterocycles. The Bertz CT molecular complexity index is 448. The van der Waals surface area contributed by atoms with Gasteiger partial charge in [-0.2, -0.15) is 0 Å². The molecule has 1 aromatic rings. The molecule has 19 heavy (non-hydrogen) atoms. The second-order valence-electron chi connectivity index (χ2n) is 4.70. The van der Waals surface area contributed by atoms with Crippen LogP contribution in [0.25, 0.3) is 0 Å². The number of benzene rings is 1. The van der Waals surface area contributed by atoms with Crippen LogP contribution in [0.1, 0.15) is 12.0 Å². The molecule has 0 aliphatic rings. The molecule has 0 amide bonds. The Morgan fingerprint density at radius 2 is 2.00 bits per heavy atom. The number of amidine groups is 1. The summed E-state index contributed by atoms with van der Waals surface area (Å²) in [5, 5.41) is 12.0. The highest BCUT2D eigenvalue weighted by atomic mass is 79.9. The molecule has 0 aliphatic carbocycles. The predicted molar refractivity (Wildman–Crippen MR) is 83.1 cm³/mol. The van der Waals surface area contributed by atoms with E-state index in [0.29, 0.717) is 0 Å². The van der Waals surface area contributed by atoms with Crippen molar-refractivity contribution in [2.75, 3.05) is 39.1 Å². The fraction of sp³-hybridized carbons (Fsp3) is 0.462. The summed E-state index contributed by atoms with van der Waals surface area (Å²) in [4.78, 5) is 4.26. The van der Waals surface area contributed by atoms with Crippen molar-refractivity contribution < 1.29 is 5.21 Å². The summed E-state index contributed by atoms with van der Waals surface area (Å²) in [7, 11) is 6.12. The zero-order valence-electron chi connectivity index (χ0n) is 11.6. The monoisotopic (exact) mass is 328 g/mol. The third-order valence-corrected chi connectivity index (χ3v) is 3.53. The van der Waals surface area contributed by atoms with E-state index in [2.05, 4.69) is 45.0 Å². The smallest absolute Gasteiger partial charge is 0.173 e. The first-order chi connectivity index (χ1) is 8.97. The van der Waals surface area contributed by atoms with Crippen molar-refractivity contribution in [3.8, 4) is 0 Å². The van der Waals surface area contributed by atoms with Crippen LogP contribution in [0.3, 0.4) is 0 Å². The van der Waals surface area contributed by atoms with Gasteiger partial charge in [0, 0.05) is 23.8 Å². The molecule has 0 atom stereocenters. The highest BCUT2D eigenvalue weighted by Crippen LogP contribution is 2.27. The van der Waals surface area contributed by atoms with Gasteiger partial charge in [0.05, 0.1) is 5.56 Å². The minimum atomic E-state index is 0.113. The van der Waals surface area contributed by atoms with Gasteiger partial charge in [0.1, 0.15) is 0 Å². The minimum absolute atomic E-state index is 0.113. The van der Waals surface area contributed by atoms with Crippen molar-refractivity contribution >= 4 is 27.5 Å². The van der Waals surface area contributed by atoms with E-state index in [1.807, 2.05) is 25.2 Å². The standard InChI is InChI=1S/C13H21BrN4O/c1-17(2)8-5-9-18(3)11-7-4-6-10(14)12(11)13(15)16-19/h4,6-7,19H,5,8-9H2,1-3H3,(H2,15,16). The molecule has 0 fully saturated rings. The summed E-state index contributed by atoms with van der Waals surface area (Å²) in [5.41, 5.74) is 7.41. The molecule has 0 aliphatic heterocycles. The topological polar surface area (TPSA) is 65.1 Å². The van der Waals surface area contributed by atoms with Crippen molar-refractivity contribution in [2.24, 2.45) is 10.9 Å². The van der Waals surface area contributed by atoms with Crippen LogP contribution in [-0.4, -0.2) is 50.2 Å². The van der Waals surface area contributed by atoms with Crippen LogP contribution in [0.5, 0.6) is 0 Å². The number of rotatable bonds is 6. The van der Waals surface area contributed by atoms with Crippen LogP contribution in [0.15, 0.2) is 27.8 Å². The predicted octanol–water partition coefficient (Wildman–Crippen LogP) is 1.93. The third-order valence-electron chi connectivity index (χ3n) is 2.87. The molecule has 0 saturated carbocycles. The van der Waals surface area contributed by atoms with E-state index in [1.165, 1.54) is 0 Å². The summed E-state index contributed by atoms with van der Waals surface area (Å²) in [5.74, 6) is 0.113. The van der Waals surface area contributed by atoms with Gasteiger partial charge in [0.15, 0.2) is 5.84 Å². The molecule has 0 aromatic heterocycles. The fourth-order valence-corrected chi connectivity index (χ4v) is 2.44. The van der Waals surface area contributed by atoms with Crippen LogP contribution in [0, 0.1) is 0 Å². The minimum Gasteiger partial charge on any atom is -0.409 e. The van der Waals surface area contributed by atoms with Gasteiger partial charge in [-0.25, -0.2) is 0 Å². The van der Waals surface area contributed by atoms with Gasteiger partial charge in [-0.3, -0.25) is 0 Å². The Morgan fingerprint density at radius 3 is 2.58 bits per heavy atom. The largest absolute Gasteiger partial charge is 0.409 e. The SMILES string of the molecule is CN(C)CCCN(C)c1cccc(Br)c1/C(N)=N/O. The van der Waals surface area contributed by atoms with Gasteiger partial charge in [-0.1, -0.05) is 11.2 Å². The molecule has 3 N–H and O–H groups in total. The van der Waals surface area contributed by atoms with Gasteiger partial charge in [0.2, 0.25) is 0 Å². The molecular weight excluding hydrogens is 308 g/mol. The molecule has 0 radical (unpaired) electrons. The van der Waals surface area contributed by atoms with E-state index < -0.39 is 0 Å². The van der Waals surface area contributed by atoms with Crippen LogP contribution < -0.4 is 10.6 Å². The summed E-state index contributed by atoms with van der Waals surface area (Å²) in [6.45, 7) is 1.93. The zero-order chi connectivity index (χ0) is 14.4. The quantitative estimate of drug-likeness (QED) is 0.362. The van der Waals surface area contributed by atoms with Crippen molar-refractivity contribution in [3.63, 3.8) is 0 Å². The normalized spacial score (nSPS) is 11.9. The summed E-state index contributed by atoms with van der Waals surface area (Å²) in [6, 6.07) is 5.79. The van der Waals surface area contributed by atoms with Crippen LogP contribution in [0.4, 0.5) is 5.69 Å². The van der Waals surface area contributed by atoms with Crippen LogP contribution in [0.2, 0.25) is 0 Å². The Balaban J connectivity index is 2.90. The summed E-state index contributed by atoms with van der Waals surface area (Å²) in [6.07, 6.45) is 1.05. The van der Waals surface area contributed by atoms with Gasteiger partial charge in [-0.05, 0) is 55.1 Å². The van der Waals surface area contributed by atoms with Gasteiger partial charge in [0.25, 0.3) is 0 Å². The molecule has 1 aromatic carbocycles. The van der Waals surface area contributed by atoms with Crippen LogP contribution >= 0.6 is 15.9 Å². The lowest BCUT2D eigenvalue weighted by atomic mass is 10.1. The van der Waals surface area contributed by atoms with E-state index in [9.17, 15) is 0 Å². The second-order valence-corrected chi connectivity index (χ2v) is 5.55. The van der Waals surface area contributed by atoms with Crippen molar-refractivity contribution in [1.82, 2.24) is 4.90 Å². The average Bonchev–Trinajstić information content (AvgIpc) is 2.37. The van der Waals surface area contributed by atoms with E-state index in [-0.39, 0.29) is 5.84 Å². The lowest BCUT2D eigenvalue weighted by Gasteiger charge is -2.23. The molecule has 0 saturated heterocycles. The average molecular weight is 329 g/mol. The first-order valence-electron chi connectivity index (χ1n) is 6.09. The highest BCUT2D eigenvalue weighted by molar-refractivity contribution is 9.10. The third kappa shape index (κ3) is 4.40. The maximum atomic E-state index is 8.88. The van der Waals surface area contributed by atoms with Crippen molar-refractivity contribution in [1.29, 1.82) is 0 Å². The number of nitrogens with zero attached hydrogens (tertiary/aromatic N) is 3. The van der Waals surface area contributed by atoms with Crippen molar-refractivity contribution in [2.45, 2.75) is 6.42 Å². The number of hydrogen-bond donors (Lipinski definition) is 2. The maximum Gasteiger partial charge on any atom is 0.173 e. The first kappa shape index (κ1) is 15.8. The first-order valence-corrected chi connectivity index (χ1v) is 6.89. The fourth-order valence-electron chi connectivity index (χ4n) is 1.88. The Kier molecular flexibility index (Phi) is 6.11. The molecule has 6 heteroatoms. The van der Waals surface area contributed by atoms with Gasteiger partial charge >= 0.3 is 0 Å². The summed E-state index contributed by atoms with van der Waals surface area (Å²) >= 11 is 3.44. The number of nitrogens with two attached hydrogens (primary N) is 1. The van der Waals surface area contributed by atoms with E-state index in [0.717, 1.165) is 35.2 Å². The lowest BCUT2D eigenvalue weighted by molar-refractivity contribution is 0.318. The maximum absolute atomic E-state index is 8.88.